The fourth-order valence-electron chi connectivity index (χ4n) is 1.22. The van der Waals surface area contributed by atoms with E-state index in [1.54, 1.807) is 12.4 Å². The average molecular weight is 315 g/mol. The molecule has 5 nitrogen and oxygen atoms in total. The van der Waals surface area contributed by atoms with E-state index >= 15 is 0 Å². The van der Waals surface area contributed by atoms with Crippen LogP contribution in [-0.4, -0.2) is 21.1 Å². The maximum absolute atomic E-state index is 5.59. The lowest BCUT2D eigenvalue weighted by atomic mass is 10.4. The number of rotatable bonds is 5. The third kappa shape index (κ3) is 3.37. The third-order valence-electron chi connectivity index (χ3n) is 1.95. The number of hydrogen-bond acceptors (Lipinski definition) is 6. The molecule has 2 aromatic rings. The van der Waals surface area contributed by atoms with Gasteiger partial charge in [-0.25, -0.2) is 0 Å². The topological polar surface area (TPSA) is 59.9 Å². The van der Waals surface area contributed by atoms with Gasteiger partial charge in [0.15, 0.2) is 0 Å². The second kappa shape index (κ2) is 5.92. The first-order chi connectivity index (χ1) is 8.29. The molecule has 0 aliphatic heterocycles. The predicted molar refractivity (Wildman–Crippen MR) is 70.3 cm³/mol. The van der Waals surface area contributed by atoms with Crippen LogP contribution in [0.3, 0.4) is 0 Å². The zero-order valence-corrected chi connectivity index (χ0v) is 11.6. The molecule has 0 bridgehead atoms. The minimum Gasteiger partial charge on any atom is -0.485 e. The van der Waals surface area contributed by atoms with Crippen molar-refractivity contribution in [3.05, 3.63) is 28.6 Å². The Kier molecular flexibility index (Phi) is 4.27. The minimum atomic E-state index is 0.386. The maximum atomic E-state index is 5.59. The highest BCUT2D eigenvalue weighted by Crippen LogP contribution is 2.21. The van der Waals surface area contributed by atoms with E-state index in [9.17, 15) is 0 Å². The number of hydrogen-bond donors (Lipinski definition) is 1. The molecule has 0 saturated carbocycles. The Morgan fingerprint density at radius 1 is 1.47 bits per heavy atom. The van der Waals surface area contributed by atoms with Gasteiger partial charge in [0.25, 0.3) is 0 Å². The highest BCUT2D eigenvalue weighted by atomic mass is 79.9. The molecule has 2 heterocycles. The Bertz CT molecular complexity index is 491. The Balaban J connectivity index is 1.99. The first kappa shape index (κ1) is 12.3. The van der Waals surface area contributed by atoms with E-state index in [4.69, 9.17) is 4.74 Å². The van der Waals surface area contributed by atoms with Crippen LogP contribution in [0.5, 0.6) is 5.75 Å². The molecule has 0 spiro atoms. The Morgan fingerprint density at radius 2 is 2.35 bits per heavy atom. The first-order valence-corrected chi connectivity index (χ1v) is 6.64. The van der Waals surface area contributed by atoms with Gasteiger partial charge in [-0.2, -0.15) is 0 Å². The van der Waals surface area contributed by atoms with Gasteiger partial charge in [-0.15, -0.1) is 5.10 Å². The molecule has 0 aliphatic rings. The molecule has 1 N–H and O–H groups in total. The number of nitrogens with zero attached hydrogens (tertiary/aromatic N) is 3. The number of aromatic nitrogens is 3. The van der Waals surface area contributed by atoms with Gasteiger partial charge < -0.3 is 10.1 Å². The molecule has 0 aromatic carbocycles. The molecule has 90 valence electrons. The van der Waals surface area contributed by atoms with Gasteiger partial charge in [-0.3, -0.25) is 4.98 Å². The van der Waals surface area contributed by atoms with Gasteiger partial charge in [0.2, 0.25) is 0 Å². The number of anilines is 1. The van der Waals surface area contributed by atoms with Crippen LogP contribution in [0.15, 0.2) is 22.9 Å². The van der Waals surface area contributed by atoms with Crippen LogP contribution in [0.25, 0.3) is 0 Å². The van der Waals surface area contributed by atoms with Crippen LogP contribution in [0.2, 0.25) is 0 Å². The van der Waals surface area contributed by atoms with Crippen LogP contribution in [-0.2, 0) is 6.61 Å². The standard InChI is InChI=1S/C10H11BrN4OS/c1-2-13-10-9(14-15-17-10)6-16-8-3-7(11)4-12-5-8/h3-5,13H,2,6H2,1H3. The van der Waals surface area contributed by atoms with E-state index in [2.05, 4.69) is 35.8 Å². The number of ether oxygens (including phenoxy) is 1. The van der Waals surface area contributed by atoms with E-state index < -0.39 is 0 Å². The molecule has 0 saturated heterocycles. The van der Waals surface area contributed by atoms with E-state index in [0.717, 1.165) is 21.7 Å². The third-order valence-corrected chi connectivity index (χ3v) is 3.11. The normalized spacial score (nSPS) is 10.2. The van der Waals surface area contributed by atoms with Crippen LogP contribution < -0.4 is 10.1 Å². The molecule has 0 amide bonds. The Morgan fingerprint density at radius 3 is 3.12 bits per heavy atom. The summed E-state index contributed by atoms with van der Waals surface area (Å²) in [6.07, 6.45) is 3.37. The van der Waals surface area contributed by atoms with Crippen molar-refractivity contribution in [1.29, 1.82) is 0 Å². The van der Waals surface area contributed by atoms with E-state index in [1.807, 2.05) is 13.0 Å². The van der Waals surface area contributed by atoms with E-state index in [1.165, 1.54) is 11.5 Å². The van der Waals surface area contributed by atoms with Crippen molar-refractivity contribution in [2.75, 3.05) is 11.9 Å². The predicted octanol–water partition coefficient (Wildman–Crippen LogP) is 2.71. The minimum absolute atomic E-state index is 0.386. The summed E-state index contributed by atoms with van der Waals surface area (Å²) >= 11 is 4.67. The van der Waals surface area contributed by atoms with Crippen molar-refractivity contribution >= 4 is 32.5 Å². The van der Waals surface area contributed by atoms with Crippen LogP contribution in [0, 0.1) is 0 Å². The summed E-state index contributed by atoms with van der Waals surface area (Å²) in [5, 5.41) is 8.17. The molecule has 0 unspecified atom stereocenters. The highest BCUT2D eigenvalue weighted by molar-refractivity contribution is 9.10. The zero-order valence-electron chi connectivity index (χ0n) is 9.18. The highest BCUT2D eigenvalue weighted by Gasteiger charge is 2.07. The molecular formula is C10H11BrN4OS. The number of halogens is 1. The summed E-state index contributed by atoms with van der Waals surface area (Å²) in [5.74, 6) is 0.704. The first-order valence-electron chi connectivity index (χ1n) is 5.08. The van der Waals surface area contributed by atoms with Crippen molar-refractivity contribution in [2.24, 2.45) is 0 Å². The summed E-state index contributed by atoms with van der Waals surface area (Å²) in [7, 11) is 0. The molecule has 2 aromatic heterocycles. The van der Waals surface area contributed by atoms with E-state index in [-0.39, 0.29) is 0 Å². The van der Waals surface area contributed by atoms with Gasteiger partial charge in [0, 0.05) is 28.7 Å². The van der Waals surface area contributed by atoms with Gasteiger partial charge in [0.1, 0.15) is 23.1 Å². The maximum Gasteiger partial charge on any atom is 0.139 e. The van der Waals surface area contributed by atoms with Crippen molar-refractivity contribution < 1.29 is 4.74 Å². The fraction of sp³-hybridized carbons (Fsp3) is 0.300. The summed E-state index contributed by atoms with van der Waals surface area (Å²) in [6.45, 7) is 3.26. The molecule has 17 heavy (non-hydrogen) atoms. The largest absolute Gasteiger partial charge is 0.485 e. The molecule has 0 aliphatic carbocycles. The monoisotopic (exact) mass is 314 g/mol. The van der Waals surface area contributed by atoms with Gasteiger partial charge >= 0.3 is 0 Å². The Labute approximate surface area is 112 Å². The van der Waals surface area contributed by atoms with Crippen molar-refractivity contribution in [2.45, 2.75) is 13.5 Å². The lowest BCUT2D eigenvalue weighted by Gasteiger charge is -2.05. The second-order valence-corrected chi connectivity index (χ2v) is 4.88. The number of nitrogens with one attached hydrogen (secondary N) is 1. The smallest absolute Gasteiger partial charge is 0.139 e. The summed E-state index contributed by atoms with van der Waals surface area (Å²) in [5.41, 5.74) is 0.817. The molecular weight excluding hydrogens is 304 g/mol. The van der Waals surface area contributed by atoms with Crippen molar-refractivity contribution in [3.63, 3.8) is 0 Å². The lowest BCUT2D eigenvalue weighted by molar-refractivity contribution is 0.300. The molecule has 2 rings (SSSR count). The average Bonchev–Trinajstić information content (AvgIpc) is 2.75. The molecule has 7 heteroatoms. The second-order valence-electron chi connectivity index (χ2n) is 3.21. The van der Waals surface area contributed by atoms with Crippen molar-refractivity contribution in [3.8, 4) is 5.75 Å². The van der Waals surface area contributed by atoms with E-state index in [0.29, 0.717) is 12.4 Å². The van der Waals surface area contributed by atoms with Crippen LogP contribution >= 0.6 is 27.5 Å². The zero-order chi connectivity index (χ0) is 12.1. The van der Waals surface area contributed by atoms with Gasteiger partial charge in [-0.1, -0.05) is 4.49 Å². The quantitative estimate of drug-likeness (QED) is 0.919. The SMILES string of the molecule is CCNc1snnc1COc1cncc(Br)c1. The summed E-state index contributed by atoms with van der Waals surface area (Å²) in [6, 6.07) is 1.86. The molecule has 0 fully saturated rings. The molecule has 0 radical (unpaired) electrons. The van der Waals surface area contributed by atoms with Crippen LogP contribution in [0.1, 0.15) is 12.6 Å². The molecule has 0 atom stereocenters. The van der Waals surface area contributed by atoms with Crippen LogP contribution in [0.4, 0.5) is 5.00 Å². The fourth-order valence-corrected chi connectivity index (χ4v) is 2.20. The Hall–Kier alpha value is -1.21. The summed E-state index contributed by atoms with van der Waals surface area (Å²) in [4.78, 5) is 4.02. The number of pyridine rings is 1. The van der Waals surface area contributed by atoms with Crippen molar-refractivity contribution in [1.82, 2.24) is 14.6 Å². The van der Waals surface area contributed by atoms with Gasteiger partial charge in [0.05, 0.1) is 6.20 Å². The lowest BCUT2D eigenvalue weighted by Crippen LogP contribution is -2.02. The summed E-state index contributed by atoms with van der Waals surface area (Å²) < 4.78 is 10.4. The van der Waals surface area contributed by atoms with Gasteiger partial charge in [-0.05, 0) is 28.9 Å².